The highest BCUT2D eigenvalue weighted by Gasteiger charge is 2.30. The van der Waals surface area contributed by atoms with Gasteiger partial charge in [-0.25, -0.2) is 4.39 Å². The van der Waals surface area contributed by atoms with Gasteiger partial charge in [-0.2, -0.15) is 5.10 Å². The second-order valence-corrected chi connectivity index (χ2v) is 6.07. The number of fused-ring (bicyclic) bond motifs is 1. The third-order valence-electron chi connectivity index (χ3n) is 4.52. The predicted octanol–water partition coefficient (Wildman–Crippen LogP) is 3.56. The molecule has 0 saturated carbocycles. The van der Waals surface area contributed by atoms with Crippen molar-refractivity contribution < 1.29 is 13.9 Å². The van der Waals surface area contributed by atoms with Crippen LogP contribution in [0.25, 0.3) is 0 Å². The minimum atomic E-state index is -0.493. The number of carbonyl (C=O) groups is 1. The Hall–Kier alpha value is -2.37. The van der Waals surface area contributed by atoms with Gasteiger partial charge in [0.05, 0.1) is 17.6 Å². The third-order valence-corrected chi connectivity index (χ3v) is 4.52. The summed E-state index contributed by atoms with van der Waals surface area (Å²) in [7, 11) is 0. The van der Waals surface area contributed by atoms with E-state index in [1.807, 2.05) is 11.6 Å². The van der Waals surface area contributed by atoms with E-state index in [1.165, 1.54) is 6.07 Å². The number of hydrogen-bond acceptors (Lipinski definition) is 3. The molecule has 0 radical (unpaired) electrons. The van der Waals surface area contributed by atoms with E-state index in [9.17, 15) is 9.18 Å². The van der Waals surface area contributed by atoms with Gasteiger partial charge in [-0.3, -0.25) is 9.48 Å². The molecule has 1 aliphatic rings. The predicted molar refractivity (Wildman–Crippen MR) is 88.7 cm³/mol. The van der Waals surface area contributed by atoms with Gasteiger partial charge < -0.3 is 10.1 Å². The van der Waals surface area contributed by atoms with Crippen LogP contribution in [0.5, 0.6) is 5.75 Å². The van der Waals surface area contributed by atoms with Crippen molar-refractivity contribution in [2.75, 3.05) is 6.61 Å². The normalized spacial score (nSPS) is 16.1. The lowest BCUT2D eigenvalue weighted by Crippen LogP contribution is -2.30. The highest BCUT2D eigenvalue weighted by atomic mass is 19.1. The van der Waals surface area contributed by atoms with Crippen LogP contribution < -0.4 is 10.1 Å². The fourth-order valence-corrected chi connectivity index (χ4v) is 3.19. The number of aromatic nitrogens is 2. The van der Waals surface area contributed by atoms with Crippen LogP contribution in [-0.4, -0.2) is 22.3 Å². The minimum absolute atomic E-state index is 0.230. The van der Waals surface area contributed by atoms with Crippen molar-refractivity contribution >= 4 is 5.91 Å². The van der Waals surface area contributed by atoms with E-state index >= 15 is 0 Å². The number of amides is 1. The maximum atomic E-state index is 14.0. The van der Waals surface area contributed by atoms with Gasteiger partial charge in [0.15, 0.2) is 0 Å². The lowest BCUT2D eigenvalue weighted by molar-refractivity contribution is 0.0923. The molecule has 1 amide bonds. The summed E-state index contributed by atoms with van der Waals surface area (Å²) in [6, 6.07) is 6.23. The smallest absolute Gasteiger partial charge is 0.272 e. The van der Waals surface area contributed by atoms with Crippen LogP contribution >= 0.6 is 0 Å². The number of aryl methyl sites for hydroxylation is 1. The first kappa shape index (κ1) is 16.5. The van der Waals surface area contributed by atoms with Crippen LogP contribution in [-0.2, 0) is 0 Å². The van der Waals surface area contributed by atoms with Crippen molar-refractivity contribution in [1.82, 2.24) is 15.1 Å². The summed E-state index contributed by atoms with van der Waals surface area (Å²) in [5.74, 6) is -0.194. The maximum absolute atomic E-state index is 14.0. The summed E-state index contributed by atoms with van der Waals surface area (Å²) in [5, 5.41) is 7.27. The standard InChI is InChI=1S/C18H22FN3O2/c1-4-12(5-2)22-11(3)9-14(21-22)18(23)20-15-10-24-16-8-6-7-13(19)17(15)16/h6-9,12,15H,4-5,10H2,1-3H3,(H,20,23)/t15-/m0/s1. The Kier molecular flexibility index (Phi) is 4.55. The van der Waals surface area contributed by atoms with E-state index in [0.717, 1.165) is 18.5 Å². The van der Waals surface area contributed by atoms with Crippen molar-refractivity contribution in [3.8, 4) is 5.75 Å². The second kappa shape index (κ2) is 6.63. The fourth-order valence-electron chi connectivity index (χ4n) is 3.19. The molecule has 1 aromatic heterocycles. The zero-order valence-electron chi connectivity index (χ0n) is 14.2. The topological polar surface area (TPSA) is 56.2 Å². The molecule has 0 unspecified atom stereocenters. The molecule has 1 aliphatic heterocycles. The van der Waals surface area contributed by atoms with Gasteiger partial charge >= 0.3 is 0 Å². The number of nitrogens with one attached hydrogen (secondary N) is 1. The molecule has 5 nitrogen and oxygen atoms in total. The monoisotopic (exact) mass is 331 g/mol. The molecule has 0 fully saturated rings. The van der Waals surface area contributed by atoms with Crippen LogP contribution in [0.3, 0.4) is 0 Å². The molecule has 128 valence electrons. The summed E-state index contributed by atoms with van der Waals surface area (Å²) >= 11 is 0. The second-order valence-electron chi connectivity index (χ2n) is 6.07. The molecule has 24 heavy (non-hydrogen) atoms. The SMILES string of the molecule is CCC(CC)n1nc(C(=O)N[C@H]2COc3cccc(F)c32)cc1C. The number of rotatable bonds is 5. The van der Waals surface area contributed by atoms with Crippen LogP contribution in [0.15, 0.2) is 24.3 Å². The van der Waals surface area contributed by atoms with Crippen LogP contribution in [0.4, 0.5) is 4.39 Å². The number of hydrogen-bond donors (Lipinski definition) is 1. The average molecular weight is 331 g/mol. The molecule has 0 saturated heterocycles. The largest absolute Gasteiger partial charge is 0.491 e. The number of nitrogens with zero attached hydrogens (tertiary/aromatic N) is 2. The Bertz CT molecular complexity index is 753. The van der Waals surface area contributed by atoms with E-state index in [2.05, 4.69) is 24.3 Å². The molecular weight excluding hydrogens is 309 g/mol. The van der Waals surface area contributed by atoms with Gasteiger partial charge in [0.2, 0.25) is 0 Å². The van der Waals surface area contributed by atoms with E-state index < -0.39 is 6.04 Å². The van der Waals surface area contributed by atoms with Gasteiger partial charge in [0.25, 0.3) is 5.91 Å². The van der Waals surface area contributed by atoms with E-state index in [4.69, 9.17) is 4.74 Å². The van der Waals surface area contributed by atoms with E-state index in [0.29, 0.717) is 17.0 Å². The maximum Gasteiger partial charge on any atom is 0.272 e. The molecule has 3 rings (SSSR count). The Morgan fingerprint density at radius 2 is 2.21 bits per heavy atom. The zero-order valence-corrected chi connectivity index (χ0v) is 14.2. The number of benzene rings is 1. The highest BCUT2D eigenvalue weighted by Crippen LogP contribution is 2.34. The van der Waals surface area contributed by atoms with Crippen molar-refractivity contribution in [2.45, 2.75) is 45.7 Å². The summed E-state index contributed by atoms with van der Waals surface area (Å²) in [6.45, 7) is 6.37. The Labute approximate surface area is 140 Å². The quantitative estimate of drug-likeness (QED) is 0.911. The van der Waals surface area contributed by atoms with Crippen LogP contribution in [0.1, 0.15) is 60.5 Å². The number of halogens is 1. The minimum Gasteiger partial charge on any atom is -0.491 e. The number of ether oxygens (including phenoxy) is 1. The Morgan fingerprint density at radius 3 is 2.92 bits per heavy atom. The molecule has 1 aromatic carbocycles. The molecule has 2 heterocycles. The first-order chi connectivity index (χ1) is 11.5. The van der Waals surface area contributed by atoms with E-state index in [-0.39, 0.29) is 24.4 Å². The lowest BCUT2D eigenvalue weighted by Gasteiger charge is -2.15. The molecular formula is C18H22FN3O2. The Morgan fingerprint density at radius 1 is 1.46 bits per heavy atom. The molecule has 6 heteroatoms. The third kappa shape index (κ3) is 2.88. The van der Waals surface area contributed by atoms with Gasteiger partial charge in [-0.1, -0.05) is 19.9 Å². The summed E-state index contributed by atoms with van der Waals surface area (Å²) < 4.78 is 21.4. The summed E-state index contributed by atoms with van der Waals surface area (Å²) in [5.41, 5.74) is 1.70. The van der Waals surface area contributed by atoms with Crippen molar-refractivity contribution in [2.24, 2.45) is 0 Å². The molecule has 1 atom stereocenters. The fraction of sp³-hybridized carbons (Fsp3) is 0.444. The first-order valence-corrected chi connectivity index (χ1v) is 8.33. The first-order valence-electron chi connectivity index (χ1n) is 8.33. The van der Waals surface area contributed by atoms with Gasteiger partial charge in [-0.05, 0) is 38.0 Å². The molecule has 0 bridgehead atoms. The summed E-state index contributed by atoms with van der Waals surface area (Å²) in [4.78, 5) is 12.5. The van der Waals surface area contributed by atoms with Crippen molar-refractivity contribution in [1.29, 1.82) is 0 Å². The van der Waals surface area contributed by atoms with Crippen molar-refractivity contribution in [3.05, 3.63) is 47.0 Å². The van der Waals surface area contributed by atoms with E-state index in [1.54, 1.807) is 18.2 Å². The zero-order chi connectivity index (χ0) is 17.3. The van der Waals surface area contributed by atoms with Gasteiger partial charge in [0, 0.05) is 5.69 Å². The Balaban J connectivity index is 1.79. The number of carbonyl (C=O) groups excluding carboxylic acids is 1. The van der Waals surface area contributed by atoms with Crippen molar-refractivity contribution in [3.63, 3.8) is 0 Å². The molecule has 1 N–H and O–H groups in total. The van der Waals surface area contributed by atoms with Crippen LogP contribution in [0.2, 0.25) is 0 Å². The molecule has 0 aliphatic carbocycles. The summed E-state index contributed by atoms with van der Waals surface area (Å²) in [6.07, 6.45) is 1.91. The van der Waals surface area contributed by atoms with Gasteiger partial charge in [-0.15, -0.1) is 0 Å². The molecule has 2 aromatic rings. The van der Waals surface area contributed by atoms with Gasteiger partial charge in [0.1, 0.15) is 23.9 Å². The van der Waals surface area contributed by atoms with Crippen LogP contribution in [0, 0.1) is 12.7 Å². The average Bonchev–Trinajstić information content (AvgIpc) is 3.14. The molecule has 0 spiro atoms. The highest BCUT2D eigenvalue weighted by molar-refractivity contribution is 5.92. The lowest BCUT2D eigenvalue weighted by atomic mass is 10.1.